The molecule has 6 heteroatoms. The Kier molecular flexibility index (Phi) is 4.29. The Labute approximate surface area is 140 Å². The highest BCUT2D eigenvalue weighted by Crippen LogP contribution is 2.36. The molecule has 2 atom stereocenters. The van der Waals surface area contributed by atoms with Crippen LogP contribution in [0.2, 0.25) is 0 Å². The number of rotatable bonds is 4. The Balaban J connectivity index is 1.37. The van der Waals surface area contributed by atoms with Gasteiger partial charge in [0.15, 0.2) is 0 Å². The summed E-state index contributed by atoms with van der Waals surface area (Å²) in [6.07, 6.45) is 8.61. The van der Waals surface area contributed by atoms with Crippen molar-refractivity contribution in [2.75, 3.05) is 25.0 Å². The minimum atomic E-state index is 0.00931. The first kappa shape index (κ1) is 15.1. The number of anilines is 1. The first-order valence-electron chi connectivity index (χ1n) is 8.23. The summed E-state index contributed by atoms with van der Waals surface area (Å²) in [4.78, 5) is 12.4. The predicted octanol–water partition coefficient (Wildman–Crippen LogP) is 2.77. The average Bonchev–Trinajstić information content (AvgIpc) is 3.19. The fraction of sp³-hybridized carbons (Fsp3) is 0.529. The van der Waals surface area contributed by atoms with Gasteiger partial charge in [0.2, 0.25) is 0 Å². The van der Waals surface area contributed by atoms with Crippen LogP contribution in [0.5, 0.6) is 0 Å². The van der Waals surface area contributed by atoms with Crippen LogP contribution in [0.15, 0.2) is 36.1 Å². The van der Waals surface area contributed by atoms with Crippen molar-refractivity contribution in [3.63, 3.8) is 0 Å². The third kappa shape index (κ3) is 3.54. The second-order valence-corrected chi connectivity index (χ2v) is 7.56. The predicted molar refractivity (Wildman–Crippen MR) is 91.6 cm³/mol. The molecule has 0 amide bonds. The van der Waals surface area contributed by atoms with Crippen LogP contribution in [0, 0.1) is 0 Å². The van der Waals surface area contributed by atoms with E-state index in [0.29, 0.717) is 6.04 Å². The number of hydrogen-bond acceptors (Lipinski definition) is 6. The molecule has 1 spiro atoms. The second-order valence-electron chi connectivity index (χ2n) is 6.52. The standard InChI is InChI=1S/C17H22N4OS/c1-3-15(23-8-1)11-21-7-2-4-17(13-21)9-14(12-22-17)20-16-10-18-5-6-19-16/h1,3,5-6,8,10,14H,2,4,7,9,11-13H2,(H,19,20)/t14-,17+/m0/s1. The van der Waals surface area contributed by atoms with Gasteiger partial charge in [-0.25, -0.2) is 4.98 Å². The van der Waals surface area contributed by atoms with Gasteiger partial charge >= 0.3 is 0 Å². The van der Waals surface area contributed by atoms with Crippen LogP contribution in [0.3, 0.4) is 0 Å². The number of piperidine rings is 1. The van der Waals surface area contributed by atoms with Crippen LogP contribution in [-0.2, 0) is 11.3 Å². The SMILES string of the molecule is c1csc(CN2CCC[C@@]3(C[C@H](Nc4cnccn4)CO3)C2)c1. The molecule has 1 N–H and O–H groups in total. The molecule has 0 saturated carbocycles. The molecule has 0 unspecified atom stereocenters. The lowest BCUT2D eigenvalue weighted by Gasteiger charge is -2.39. The molecule has 2 aliphatic heterocycles. The van der Waals surface area contributed by atoms with Crippen molar-refractivity contribution in [3.05, 3.63) is 41.0 Å². The molecule has 2 saturated heterocycles. The minimum absolute atomic E-state index is 0.00931. The fourth-order valence-electron chi connectivity index (χ4n) is 3.75. The van der Waals surface area contributed by atoms with E-state index < -0.39 is 0 Å². The van der Waals surface area contributed by atoms with Crippen molar-refractivity contribution in [1.29, 1.82) is 0 Å². The molecule has 0 aromatic carbocycles. The van der Waals surface area contributed by atoms with E-state index in [4.69, 9.17) is 4.74 Å². The van der Waals surface area contributed by atoms with Crippen molar-refractivity contribution in [2.24, 2.45) is 0 Å². The number of hydrogen-bond donors (Lipinski definition) is 1. The molecule has 0 radical (unpaired) electrons. The van der Waals surface area contributed by atoms with Gasteiger partial charge in [0.25, 0.3) is 0 Å². The van der Waals surface area contributed by atoms with Crippen molar-refractivity contribution in [1.82, 2.24) is 14.9 Å². The molecule has 2 aliphatic rings. The highest BCUT2D eigenvalue weighted by atomic mass is 32.1. The van der Waals surface area contributed by atoms with E-state index in [1.54, 1.807) is 18.6 Å². The lowest BCUT2D eigenvalue weighted by Crippen LogP contribution is -2.47. The number of aromatic nitrogens is 2. The maximum atomic E-state index is 6.27. The van der Waals surface area contributed by atoms with Gasteiger partial charge in [-0.1, -0.05) is 6.07 Å². The van der Waals surface area contributed by atoms with Gasteiger partial charge in [0.05, 0.1) is 24.4 Å². The maximum Gasteiger partial charge on any atom is 0.144 e. The second kappa shape index (κ2) is 6.55. The first-order chi connectivity index (χ1) is 11.3. The van der Waals surface area contributed by atoms with Crippen molar-refractivity contribution < 1.29 is 4.74 Å². The van der Waals surface area contributed by atoms with Crippen LogP contribution in [0.25, 0.3) is 0 Å². The molecule has 2 aromatic rings. The monoisotopic (exact) mass is 330 g/mol. The molecule has 2 fully saturated rings. The summed E-state index contributed by atoms with van der Waals surface area (Å²) in [5.74, 6) is 0.837. The van der Waals surface area contributed by atoms with Crippen molar-refractivity contribution in [3.8, 4) is 0 Å². The summed E-state index contributed by atoms with van der Waals surface area (Å²) in [6, 6.07) is 4.68. The third-order valence-corrected chi connectivity index (χ3v) is 5.56. The van der Waals surface area contributed by atoms with Gasteiger partial charge < -0.3 is 10.1 Å². The third-order valence-electron chi connectivity index (χ3n) is 4.70. The first-order valence-corrected chi connectivity index (χ1v) is 9.11. The van der Waals surface area contributed by atoms with E-state index >= 15 is 0 Å². The molecule has 122 valence electrons. The van der Waals surface area contributed by atoms with Crippen LogP contribution in [0.4, 0.5) is 5.82 Å². The van der Waals surface area contributed by atoms with Crippen LogP contribution in [0.1, 0.15) is 24.1 Å². The highest BCUT2D eigenvalue weighted by molar-refractivity contribution is 7.09. The fourth-order valence-corrected chi connectivity index (χ4v) is 4.50. The minimum Gasteiger partial charge on any atom is -0.371 e. The quantitative estimate of drug-likeness (QED) is 0.934. The van der Waals surface area contributed by atoms with E-state index in [2.05, 4.69) is 37.7 Å². The Hall–Kier alpha value is -1.50. The van der Waals surface area contributed by atoms with E-state index in [-0.39, 0.29) is 5.60 Å². The molecule has 0 bridgehead atoms. The highest BCUT2D eigenvalue weighted by Gasteiger charge is 2.43. The lowest BCUT2D eigenvalue weighted by molar-refractivity contribution is -0.0531. The summed E-state index contributed by atoms with van der Waals surface area (Å²) in [5.41, 5.74) is 0.00931. The smallest absolute Gasteiger partial charge is 0.144 e. The number of thiophene rings is 1. The van der Waals surface area contributed by atoms with E-state index in [1.165, 1.54) is 17.8 Å². The molecule has 4 rings (SSSR count). The van der Waals surface area contributed by atoms with Gasteiger partial charge in [-0.15, -0.1) is 11.3 Å². The largest absolute Gasteiger partial charge is 0.371 e. The summed E-state index contributed by atoms with van der Waals surface area (Å²) < 4.78 is 6.27. The topological polar surface area (TPSA) is 50.3 Å². The number of nitrogens with one attached hydrogen (secondary N) is 1. The Morgan fingerprint density at radius 1 is 1.43 bits per heavy atom. The Morgan fingerprint density at radius 2 is 2.43 bits per heavy atom. The normalized spacial score (nSPS) is 28.3. The number of ether oxygens (including phenoxy) is 1. The maximum absolute atomic E-state index is 6.27. The average molecular weight is 330 g/mol. The van der Waals surface area contributed by atoms with Crippen molar-refractivity contribution >= 4 is 17.2 Å². The van der Waals surface area contributed by atoms with Crippen LogP contribution >= 0.6 is 11.3 Å². The van der Waals surface area contributed by atoms with Crippen LogP contribution in [-0.4, -0.2) is 46.2 Å². The lowest BCUT2D eigenvalue weighted by atomic mass is 9.88. The summed E-state index contributed by atoms with van der Waals surface area (Å²) in [5, 5.41) is 5.61. The molecule has 0 aliphatic carbocycles. The van der Waals surface area contributed by atoms with Gasteiger partial charge in [-0.05, 0) is 30.8 Å². The zero-order valence-electron chi connectivity index (χ0n) is 13.1. The summed E-state index contributed by atoms with van der Waals surface area (Å²) in [6.45, 7) is 4.00. The number of nitrogens with zero attached hydrogens (tertiary/aromatic N) is 3. The van der Waals surface area contributed by atoms with Gasteiger partial charge in [-0.2, -0.15) is 0 Å². The summed E-state index contributed by atoms with van der Waals surface area (Å²) >= 11 is 1.84. The Bertz CT molecular complexity index is 621. The molecular weight excluding hydrogens is 308 g/mol. The molecule has 2 aromatic heterocycles. The van der Waals surface area contributed by atoms with Gasteiger partial charge in [0.1, 0.15) is 5.82 Å². The number of likely N-dealkylation sites (tertiary alicyclic amines) is 1. The van der Waals surface area contributed by atoms with E-state index in [9.17, 15) is 0 Å². The molecule has 5 nitrogen and oxygen atoms in total. The zero-order valence-corrected chi connectivity index (χ0v) is 14.0. The summed E-state index contributed by atoms with van der Waals surface area (Å²) in [7, 11) is 0. The van der Waals surface area contributed by atoms with Gasteiger partial charge in [-0.3, -0.25) is 9.88 Å². The van der Waals surface area contributed by atoms with Gasteiger partial charge in [0, 0.05) is 36.8 Å². The van der Waals surface area contributed by atoms with E-state index in [0.717, 1.165) is 38.4 Å². The molecule has 4 heterocycles. The van der Waals surface area contributed by atoms with Crippen LogP contribution < -0.4 is 5.32 Å². The van der Waals surface area contributed by atoms with E-state index in [1.807, 2.05) is 11.3 Å². The molecular formula is C17H22N4OS. The Morgan fingerprint density at radius 3 is 3.26 bits per heavy atom. The zero-order chi connectivity index (χ0) is 15.5. The van der Waals surface area contributed by atoms with Crippen molar-refractivity contribution in [2.45, 2.75) is 37.5 Å². The molecule has 23 heavy (non-hydrogen) atoms.